The van der Waals surface area contributed by atoms with Crippen molar-refractivity contribution >= 4 is 5.91 Å². The molecule has 1 unspecified atom stereocenters. The lowest BCUT2D eigenvalue weighted by Gasteiger charge is -2.47. The molecule has 114 valence electrons. The standard InChI is InChI=1S/C16H22N2O3/c1-10-5-11-6-14(20-3)15(21-4)7-12(11)13-8-16(19)17(2)9-18(10)13/h6-7,10,13H,5,8-9H2,1-4H3/t10-,13?/m1/s1. The van der Waals surface area contributed by atoms with Gasteiger partial charge in [-0.1, -0.05) is 0 Å². The Morgan fingerprint density at radius 1 is 1.14 bits per heavy atom. The van der Waals surface area contributed by atoms with Crippen LogP contribution >= 0.6 is 0 Å². The lowest BCUT2D eigenvalue weighted by Crippen LogP contribution is -2.53. The molecule has 5 heteroatoms. The van der Waals surface area contributed by atoms with Crippen LogP contribution in [0.1, 0.15) is 30.5 Å². The van der Waals surface area contributed by atoms with E-state index in [2.05, 4.69) is 17.9 Å². The summed E-state index contributed by atoms with van der Waals surface area (Å²) >= 11 is 0. The predicted octanol–water partition coefficient (Wildman–Crippen LogP) is 1.81. The average molecular weight is 290 g/mol. The van der Waals surface area contributed by atoms with Gasteiger partial charge >= 0.3 is 0 Å². The van der Waals surface area contributed by atoms with E-state index in [0.717, 1.165) is 17.9 Å². The molecule has 0 bridgehead atoms. The molecule has 1 saturated heterocycles. The lowest BCUT2D eigenvalue weighted by atomic mass is 9.85. The summed E-state index contributed by atoms with van der Waals surface area (Å²) in [4.78, 5) is 16.3. The van der Waals surface area contributed by atoms with Gasteiger partial charge in [0.15, 0.2) is 11.5 Å². The van der Waals surface area contributed by atoms with Gasteiger partial charge in [-0.15, -0.1) is 0 Å². The third-order valence-corrected chi connectivity index (χ3v) is 4.66. The molecule has 0 spiro atoms. The Morgan fingerprint density at radius 3 is 2.48 bits per heavy atom. The van der Waals surface area contributed by atoms with Crippen molar-refractivity contribution in [1.29, 1.82) is 0 Å². The van der Waals surface area contributed by atoms with E-state index in [4.69, 9.17) is 9.47 Å². The number of fused-ring (bicyclic) bond motifs is 3. The topological polar surface area (TPSA) is 42.0 Å². The maximum absolute atomic E-state index is 12.1. The summed E-state index contributed by atoms with van der Waals surface area (Å²) in [5, 5.41) is 0. The smallest absolute Gasteiger partial charge is 0.225 e. The highest BCUT2D eigenvalue weighted by Crippen LogP contribution is 2.42. The molecule has 3 rings (SSSR count). The Kier molecular flexibility index (Phi) is 3.53. The molecule has 5 nitrogen and oxygen atoms in total. The third kappa shape index (κ3) is 2.25. The summed E-state index contributed by atoms with van der Waals surface area (Å²) < 4.78 is 10.8. The third-order valence-electron chi connectivity index (χ3n) is 4.66. The Hall–Kier alpha value is -1.75. The van der Waals surface area contributed by atoms with E-state index in [9.17, 15) is 4.79 Å². The van der Waals surface area contributed by atoms with E-state index in [1.165, 1.54) is 11.1 Å². The van der Waals surface area contributed by atoms with Gasteiger partial charge in [-0.25, -0.2) is 0 Å². The number of rotatable bonds is 2. The molecule has 2 aliphatic rings. The van der Waals surface area contributed by atoms with Gasteiger partial charge in [0, 0.05) is 25.6 Å². The molecular formula is C16H22N2O3. The van der Waals surface area contributed by atoms with Crippen LogP contribution in [-0.4, -0.2) is 49.7 Å². The minimum absolute atomic E-state index is 0.146. The second kappa shape index (κ2) is 5.22. The first-order valence-corrected chi connectivity index (χ1v) is 7.29. The lowest BCUT2D eigenvalue weighted by molar-refractivity contribution is -0.141. The Balaban J connectivity index is 2.05. The van der Waals surface area contributed by atoms with Crippen LogP contribution in [0.5, 0.6) is 11.5 Å². The van der Waals surface area contributed by atoms with E-state index < -0.39 is 0 Å². The van der Waals surface area contributed by atoms with E-state index >= 15 is 0 Å². The number of hydrogen-bond donors (Lipinski definition) is 0. The molecule has 1 aromatic rings. The van der Waals surface area contributed by atoms with Gasteiger partial charge in [-0.05, 0) is 36.6 Å². The molecule has 2 atom stereocenters. The van der Waals surface area contributed by atoms with E-state index in [-0.39, 0.29) is 11.9 Å². The van der Waals surface area contributed by atoms with Gasteiger partial charge in [0.25, 0.3) is 0 Å². The van der Waals surface area contributed by atoms with Crippen LogP contribution in [0.25, 0.3) is 0 Å². The van der Waals surface area contributed by atoms with E-state index in [1.807, 2.05) is 13.1 Å². The van der Waals surface area contributed by atoms with Gasteiger partial charge in [-0.2, -0.15) is 0 Å². The van der Waals surface area contributed by atoms with E-state index in [0.29, 0.717) is 19.1 Å². The first kappa shape index (κ1) is 14.2. The van der Waals surface area contributed by atoms with Gasteiger partial charge in [0.1, 0.15) is 0 Å². The van der Waals surface area contributed by atoms with Crippen molar-refractivity contribution in [1.82, 2.24) is 9.80 Å². The summed E-state index contributed by atoms with van der Waals surface area (Å²) in [5.74, 6) is 1.69. The van der Waals surface area contributed by atoms with Gasteiger partial charge in [0.2, 0.25) is 5.91 Å². The molecule has 2 heterocycles. The van der Waals surface area contributed by atoms with Crippen molar-refractivity contribution in [2.75, 3.05) is 27.9 Å². The highest BCUT2D eigenvalue weighted by atomic mass is 16.5. The summed E-state index contributed by atoms with van der Waals surface area (Å²) in [6.45, 7) is 2.91. The second-order valence-electron chi connectivity index (χ2n) is 5.93. The zero-order chi connectivity index (χ0) is 15.1. The fourth-order valence-corrected chi connectivity index (χ4v) is 3.46. The first-order valence-electron chi connectivity index (χ1n) is 7.29. The van der Waals surface area contributed by atoms with Crippen molar-refractivity contribution < 1.29 is 14.3 Å². The number of amides is 1. The average Bonchev–Trinajstić information content (AvgIpc) is 2.48. The quantitative estimate of drug-likeness (QED) is 0.833. The summed E-state index contributed by atoms with van der Waals surface area (Å²) in [6, 6.07) is 4.66. The maximum Gasteiger partial charge on any atom is 0.225 e. The molecule has 0 saturated carbocycles. The number of nitrogens with zero attached hydrogens (tertiary/aromatic N) is 2. The molecule has 1 amide bonds. The van der Waals surface area contributed by atoms with Crippen molar-refractivity contribution in [2.24, 2.45) is 0 Å². The van der Waals surface area contributed by atoms with Crippen LogP contribution < -0.4 is 9.47 Å². The summed E-state index contributed by atoms with van der Waals surface area (Å²) in [5.41, 5.74) is 2.46. The zero-order valence-corrected chi connectivity index (χ0v) is 13.0. The van der Waals surface area contributed by atoms with Crippen LogP contribution in [0.4, 0.5) is 0 Å². The van der Waals surface area contributed by atoms with Crippen LogP contribution in [0.2, 0.25) is 0 Å². The largest absolute Gasteiger partial charge is 0.493 e. The molecule has 1 fully saturated rings. The number of carbonyl (C=O) groups is 1. The maximum atomic E-state index is 12.1. The molecule has 0 N–H and O–H groups in total. The van der Waals surface area contributed by atoms with Crippen LogP contribution in [0, 0.1) is 0 Å². The molecule has 0 radical (unpaired) electrons. The fraction of sp³-hybridized carbons (Fsp3) is 0.562. The zero-order valence-electron chi connectivity index (χ0n) is 13.0. The molecule has 0 aromatic heterocycles. The van der Waals surface area contributed by atoms with Gasteiger partial charge in [0.05, 0.1) is 20.9 Å². The van der Waals surface area contributed by atoms with Gasteiger partial charge in [-0.3, -0.25) is 9.69 Å². The van der Waals surface area contributed by atoms with Crippen molar-refractivity contribution in [3.63, 3.8) is 0 Å². The number of methoxy groups -OCH3 is 2. The monoisotopic (exact) mass is 290 g/mol. The number of benzene rings is 1. The van der Waals surface area contributed by atoms with Crippen molar-refractivity contribution in [3.05, 3.63) is 23.3 Å². The molecule has 2 aliphatic heterocycles. The molecule has 21 heavy (non-hydrogen) atoms. The Labute approximate surface area is 125 Å². The number of ether oxygens (including phenoxy) is 2. The molecule has 0 aliphatic carbocycles. The molecular weight excluding hydrogens is 268 g/mol. The minimum atomic E-state index is 0.146. The van der Waals surface area contributed by atoms with E-state index in [1.54, 1.807) is 19.1 Å². The van der Waals surface area contributed by atoms with Crippen molar-refractivity contribution in [2.45, 2.75) is 31.8 Å². The molecule has 1 aromatic carbocycles. The van der Waals surface area contributed by atoms with Crippen LogP contribution in [0.15, 0.2) is 12.1 Å². The Morgan fingerprint density at radius 2 is 1.81 bits per heavy atom. The van der Waals surface area contributed by atoms with Crippen LogP contribution in [-0.2, 0) is 11.2 Å². The van der Waals surface area contributed by atoms with Crippen molar-refractivity contribution in [3.8, 4) is 11.5 Å². The normalized spacial score (nSPS) is 25.3. The fourth-order valence-electron chi connectivity index (χ4n) is 3.46. The minimum Gasteiger partial charge on any atom is -0.493 e. The first-order chi connectivity index (χ1) is 10.0. The Bertz CT molecular complexity index is 573. The highest BCUT2D eigenvalue weighted by molar-refractivity contribution is 5.78. The highest BCUT2D eigenvalue weighted by Gasteiger charge is 2.39. The summed E-state index contributed by atoms with van der Waals surface area (Å²) in [6.07, 6.45) is 1.50. The second-order valence-corrected chi connectivity index (χ2v) is 5.93. The predicted molar refractivity (Wildman–Crippen MR) is 79.5 cm³/mol. The number of carbonyl (C=O) groups excluding carboxylic acids is 1. The van der Waals surface area contributed by atoms with Crippen LogP contribution in [0.3, 0.4) is 0 Å². The number of hydrogen-bond acceptors (Lipinski definition) is 4. The summed E-state index contributed by atoms with van der Waals surface area (Å²) in [7, 11) is 5.17. The SMILES string of the molecule is COc1cc2c(cc1OC)C1CC(=O)N(C)CN1[C@H](C)C2. The van der Waals surface area contributed by atoms with Gasteiger partial charge < -0.3 is 14.4 Å².